The van der Waals surface area contributed by atoms with Gasteiger partial charge in [0.1, 0.15) is 6.61 Å². The third kappa shape index (κ3) is 4.34. The number of likely N-dealkylation sites (tertiary alicyclic amines) is 1. The number of hydrogen-bond acceptors (Lipinski definition) is 5. The Morgan fingerprint density at radius 1 is 1.03 bits per heavy atom. The van der Waals surface area contributed by atoms with E-state index in [-0.39, 0.29) is 12.1 Å². The van der Waals surface area contributed by atoms with Gasteiger partial charge >= 0.3 is 6.09 Å². The van der Waals surface area contributed by atoms with Crippen LogP contribution in [0, 0.1) is 0 Å². The molecular weight excluding hydrogens is 400 g/mol. The maximum atomic E-state index is 13.0. The monoisotopic (exact) mass is 434 g/mol. The Morgan fingerprint density at radius 2 is 1.84 bits per heavy atom. The highest BCUT2D eigenvalue weighted by Gasteiger charge is 2.41. The zero-order valence-corrected chi connectivity index (χ0v) is 19.0. The van der Waals surface area contributed by atoms with Crippen LogP contribution in [-0.4, -0.2) is 68.8 Å². The summed E-state index contributed by atoms with van der Waals surface area (Å²) in [7, 11) is 2.01. The Kier molecular flexibility index (Phi) is 6.32. The zero-order chi connectivity index (χ0) is 21.9. The lowest BCUT2D eigenvalue weighted by Crippen LogP contribution is -2.48. The van der Waals surface area contributed by atoms with Gasteiger partial charge in [0.2, 0.25) is 0 Å². The molecule has 0 aromatic heterocycles. The topological polar surface area (TPSA) is 48.0 Å². The van der Waals surface area contributed by atoms with E-state index in [1.165, 1.54) is 16.8 Å². The average molecular weight is 435 g/mol. The van der Waals surface area contributed by atoms with E-state index >= 15 is 0 Å². The summed E-state index contributed by atoms with van der Waals surface area (Å²) in [6.07, 6.45) is 1.86. The van der Waals surface area contributed by atoms with E-state index in [9.17, 15) is 4.79 Å². The lowest BCUT2D eigenvalue weighted by Gasteiger charge is -2.36. The number of piperazine rings is 1. The van der Waals surface area contributed by atoms with Gasteiger partial charge in [-0.2, -0.15) is 0 Å². The first-order valence-electron chi connectivity index (χ1n) is 12.0. The van der Waals surface area contributed by atoms with Crippen molar-refractivity contribution >= 4 is 11.8 Å². The molecule has 2 aromatic rings. The number of benzene rings is 2. The maximum absolute atomic E-state index is 13.0. The third-order valence-corrected chi connectivity index (χ3v) is 7.33. The summed E-state index contributed by atoms with van der Waals surface area (Å²) in [5, 5.41) is 3.24. The van der Waals surface area contributed by atoms with Crippen LogP contribution in [0.4, 0.5) is 10.5 Å². The second-order valence-electron chi connectivity index (χ2n) is 9.22. The first-order chi connectivity index (χ1) is 15.7. The van der Waals surface area contributed by atoms with E-state index < -0.39 is 0 Å². The van der Waals surface area contributed by atoms with Crippen molar-refractivity contribution in [3.05, 3.63) is 65.2 Å². The Bertz CT molecular complexity index is 927. The van der Waals surface area contributed by atoms with Crippen LogP contribution in [-0.2, 0) is 11.3 Å². The molecule has 0 saturated carbocycles. The normalized spacial score (nSPS) is 22.7. The summed E-state index contributed by atoms with van der Waals surface area (Å²) in [5.74, 6) is 0.570. The molecule has 2 heterocycles. The fraction of sp³-hybridized carbons (Fsp3) is 0.500. The molecule has 0 unspecified atom stereocenters. The zero-order valence-electron chi connectivity index (χ0n) is 19.0. The average Bonchev–Trinajstić information content (AvgIpc) is 3.13. The molecule has 32 heavy (non-hydrogen) atoms. The van der Waals surface area contributed by atoms with Crippen molar-refractivity contribution in [1.82, 2.24) is 15.1 Å². The van der Waals surface area contributed by atoms with Gasteiger partial charge in [-0.05, 0) is 54.6 Å². The molecule has 0 spiro atoms. The van der Waals surface area contributed by atoms with Gasteiger partial charge in [0.25, 0.3) is 0 Å². The predicted octanol–water partition coefficient (Wildman–Crippen LogP) is 3.60. The minimum atomic E-state index is -0.186. The minimum absolute atomic E-state index is 0.142. The lowest BCUT2D eigenvalue weighted by atomic mass is 9.96. The Balaban J connectivity index is 1.26. The van der Waals surface area contributed by atoms with E-state index in [0.29, 0.717) is 12.5 Å². The first-order valence-corrected chi connectivity index (χ1v) is 12.0. The van der Waals surface area contributed by atoms with Gasteiger partial charge < -0.3 is 19.9 Å². The van der Waals surface area contributed by atoms with Gasteiger partial charge in [-0.3, -0.25) is 4.90 Å². The second-order valence-corrected chi connectivity index (χ2v) is 9.22. The molecule has 2 fully saturated rings. The van der Waals surface area contributed by atoms with E-state index in [1.54, 1.807) is 0 Å². The molecule has 6 heteroatoms. The number of carbonyl (C=O) groups is 1. The van der Waals surface area contributed by atoms with E-state index in [4.69, 9.17) is 4.74 Å². The molecule has 5 rings (SSSR count). The van der Waals surface area contributed by atoms with Crippen LogP contribution < -0.4 is 10.2 Å². The number of fused-ring (bicyclic) bond motifs is 5. The highest BCUT2D eigenvalue weighted by Crippen LogP contribution is 2.50. The van der Waals surface area contributed by atoms with Crippen molar-refractivity contribution in [2.45, 2.75) is 31.4 Å². The van der Waals surface area contributed by atoms with Crippen LogP contribution in [0.15, 0.2) is 48.5 Å². The first kappa shape index (κ1) is 21.3. The number of ether oxygens (including phenoxy) is 1. The van der Waals surface area contributed by atoms with E-state index in [2.05, 4.69) is 33.3 Å². The Hall–Kier alpha value is -2.57. The molecule has 2 bridgehead atoms. The Morgan fingerprint density at radius 3 is 2.62 bits per heavy atom. The highest BCUT2D eigenvalue weighted by atomic mass is 16.6. The number of amides is 1. The summed E-state index contributed by atoms with van der Waals surface area (Å²) in [4.78, 5) is 19.9. The third-order valence-electron chi connectivity index (χ3n) is 7.33. The van der Waals surface area contributed by atoms with Gasteiger partial charge in [-0.25, -0.2) is 4.79 Å². The van der Waals surface area contributed by atoms with Crippen molar-refractivity contribution in [3.8, 4) is 0 Å². The van der Waals surface area contributed by atoms with Gasteiger partial charge in [-0.1, -0.05) is 36.4 Å². The highest BCUT2D eigenvalue weighted by molar-refractivity contribution is 5.70. The lowest BCUT2D eigenvalue weighted by molar-refractivity contribution is 0.0694. The summed E-state index contributed by atoms with van der Waals surface area (Å²) in [6, 6.07) is 17.0. The fourth-order valence-corrected chi connectivity index (χ4v) is 5.48. The molecule has 2 saturated heterocycles. The number of nitrogens with zero attached hydrogens (tertiary/aromatic N) is 3. The maximum Gasteiger partial charge on any atom is 0.410 e. The van der Waals surface area contributed by atoms with Crippen molar-refractivity contribution in [3.63, 3.8) is 0 Å². The number of nitrogens with one attached hydrogen (secondary N) is 1. The van der Waals surface area contributed by atoms with Crippen LogP contribution in [0.3, 0.4) is 0 Å². The van der Waals surface area contributed by atoms with E-state index in [0.717, 1.165) is 64.2 Å². The molecule has 2 aliphatic heterocycles. The predicted molar refractivity (Wildman–Crippen MR) is 127 cm³/mol. The molecule has 170 valence electrons. The molecular formula is C26H34N4O2. The van der Waals surface area contributed by atoms with Crippen molar-refractivity contribution in [2.24, 2.45) is 0 Å². The summed E-state index contributed by atoms with van der Waals surface area (Å²) in [6.45, 7) is 7.56. The van der Waals surface area contributed by atoms with Crippen LogP contribution in [0.5, 0.6) is 0 Å². The number of anilines is 1. The molecule has 0 radical (unpaired) electrons. The molecule has 3 aliphatic rings. The number of likely N-dealkylation sites (N-methyl/N-ethyl adjacent to an activating group) is 1. The second kappa shape index (κ2) is 9.51. The van der Waals surface area contributed by atoms with E-state index in [1.807, 2.05) is 42.3 Å². The van der Waals surface area contributed by atoms with Crippen LogP contribution >= 0.6 is 0 Å². The smallest absolute Gasteiger partial charge is 0.410 e. The number of piperidine rings is 1. The SMILES string of the molecule is CNCCN1CCN(c2ccc3c(c2)[C@@H]2C[C@H]3CCN2C(=O)OCc2ccccc2)CC1. The van der Waals surface area contributed by atoms with Crippen molar-refractivity contribution in [2.75, 3.05) is 57.8 Å². The molecule has 1 amide bonds. The Labute approximate surface area is 191 Å². The van der Waals surface area contributed by atoms with Gasteiger partial charge in [0.05, 0.1) is 6.04 Å². The van der Waals surface area contributed by atoms with Crippen molar-refractivity contribution < 1.29 is 9.53 Å². The molecule has 6 nitrogen and oxygen atoms in total. The number of rotatable bonds is 6. The van der Waals surface area contributed by atoms with Gasteiger partial charge in [0.15, 0.2) is 0 Å². The summed E-state index contributed by atoms with van der Waals surface area (Å²) >= 11 is 0. The molecule has 1 N–H and O–H groups in total. The standard InChI is InChI=1S/C26H34N4O2/c1-27-10-12-28-13-15-29(16-14-28)22-7-8-23-21-9-11-30(25(17-21)24(23)18-22)26(31)32-19-20-5-3-2-4-6-20/h2-8,18,21,25,27H,9-17,19H2,1H3/t21-,25+/m1/s1. The molecule has 1 aliphatic carbocycles. The van der Waals surface area contributed by atoms with Gasteiger partial charge in [-0.15, -0.1) is 0 Å². The van der Waals surface area contributed by atoms with Crippen LogP contribution in [0.2, 0.25) is 0 Å². The number of carbonyl (C=O) groups excluding carboxylic acids is 1. The van der Waals surface area contributed by atoms with Crippen LogP contribution in [0.25, 0.3) is 0 Å². The number of hydrogen-bond donors (Lipinski definition) is 1. The minimum Gasteiger partial charge on any atom is -0.445 e. The molecule has 2 aromatic carbocycles. The quantitative estimate of drug-likeness (QED) is 0.753. The molecule has 2 atom stereocenters. The van der Waals surface area contributed by atoms with Crippen molar-refractivity contribution in [1.29, 1.82) is 0 Å². The van der Waals surface area contributed by atoms with Gasteiger partial charge in [0, 0.05) is 51.5 Å². The summed E-state index contributed by atoms with van der Waals surface area (Å²) in [5.41, 5.74) is 5.09. The summed E-state index contributed by atoms with van der Waals surface area (Å²) < 4.78 is 5.69. The van der Waals surface area contributed by atoms with Crippen LogP contribution in [0.1, 0.15) is 41.5 Å². The fourth-order valence-electron chi connectivity index (χ4n) is 5.48. The largest absolute Gasteiger partial charge is 0.445 e.